The minimum absolute atomic E-state index is 0.00427. The summed E-state index contributed by atoms with van der Waals surface area (Å²) in [6.07, 6.45) is -1.53. The first-order valence-electron chi connectivity index (χ1n) is 6.50. The second-order valence-electron chi connectivity index (χ2n) is 4.83. The molecular weight excluding hydrogens is 295 g/mol. The summed E-state index contributed by atoms with van der Waals surface area (Å²) in [5.74, 6) is -0.512. The molecule has 0 atom stereocenters. The average Bonchev–Trinajstić information content (AvgIpc) is 2.77. The zero-order valence-corrected chi connectivity index (χ0v) is 11.6. The molecule has 3 heterocycles. The molecule has 0 amide bonds. The van der Waals surface area contributed by atoms with E-state index in [1.54, 1.807) is 19.1 Å². The van der Waals surface area contributed by atoms with Gasteiger partial charge in [0, 0.05) is 18.2 Å². The number of nitrogens with two attached hydrogens (primary N) is 1. The Labute approximate surface area is 123 Å². The van der Waals surface area contributed by atoms with Crippen LogP contribution >= 0.6 is 0 Å². The van der Waals surface area contributed by atoms with Gasteiger partial charge in [0.1, 0.15) is 5.52 Å². The summed E-state index contributed by atoms with van der Waals surface area (Å²) in [6, 6.07) is 4.38. The van der Waals surface area contributed by atoms with Crippen molar-refractivity contribution in [2.45, 2.75) is 19.8 Å². The van der Waals surface area contributed by atoms with E-state index in [9.17, 15) is 13.2 Å². The van der Waals surface area contributed by atoms with Gasteiger partial charge in [-0.05, 0) is 18.6 Å². The summed E-state index contributed by atoms with van der Waals surface area (Å²) in [7, 11) is 0. The first kappa shape index (κ1) is 14.3. The fourth-order valence-electron chi connectivity index (χ4n) is 2.26. The third kappa shape index (κ3) is 2.47. The molecule has 0 spiro atoms. The van der Waals surface area contributed by atoms with Crippen LogP contribution in [0.5, 0.6) is 0 Å². The lowest BCUT2D eigenvalue weighted by molar-refractivity contribution is 0.148. The minimum atomic E-state index is -2.44. The zero-order valence-electron chi connectivity index (χ0n) is 11.6. The van der Waals surface area contributed by atoms with Crippen molar-refractivity contribution in [3.05, 3.63) is 41.5 Å². The van der Waals surface area contributed by atoms with E-state index in [2.05, 4.69) is 15.1 Å². The number of fused-ring (bicyclic) bond motifs is 1. The van der Waals surface area contributed by atoms with Crippen LogP contribution in [0.1, 0.15) is 11.3 Å². The number of halogens is 3. The largest absolute Gasteiger partial charge is 0.367 e. The number of hydrogen-bond donors (Lipinski definition) is 1. The van der Waals surface area contributed by atoms with Gasteiger partial charge in [0.25, 0.3) is 0 Å². The van der Waals surface area contributed by atoms with E-state index in [-0.39, 0.29) is 17.9 Å². The third-order valence-electron chi connectivity index (χ3n) is 3.32. The molecule has 114 valence electrons. The number of nitrogens with zero attached hydrogens (tertiary/aromatic N) is 4. The molecule has 0 aliphatic rings. The van der Waals surface area contributed by atoms with E-state index in [4.69, 9.17) is 5.73 Å². The van der Waals surface area contributed by atoms with Crippen molar-refractivity contribution in [3.63, 3.8) is 0 Å². The Kier molecular flexibility index (Phi) is 3.44. The Hall–Kier alpha value is -2.64. The minimum Gasteiger partial charge on any atom is -0.367 e. The Morgan fingerprint density at radius 2 is 2.09 bits per heavy atom. The van der Waals surface area contributed by atoms with Crippen LogP contribution in [0.2, 0.25) is 0 Å². The molecule has 0 aliphatic heterocycles. The molecule has 22 heavy (non-hydrogen) atoms. The van der Waals surface area contributed by atoms with Gasteiger partial charge in [-0.2, -0.15) is 0 Å². The number of nitrogen functional groups attached to an aromatic ring is 1. The van der Waals surface area contributed by atoms with Crippen LogP contribution in [-0.2, 0) is 6.42 Å². The Morgan fingerprint density at radius 3 is 2.77 bits per heavy atom. The van der Waals surface area contributed by atoms with E-state index in [0.29, 0.717) is 22.6 Å². The van der Waals surface area contributed by atoms with Crippen LogP contribution in [0.3, 0.4) is 0 Å². The number of aromatic nitrogens is 4. The molecule has 2 N–H and O–H groups in total. The van der Waals surface area contributed by atoms with E-state index in [1.807, 2.05) is 0 Å². The van der Waals surface area contributed by atoms with E-state index in [1.165, 1.54) is 16.8 Å². The van der Waals surface area contributed by atoms with E-state index >= 15 is 0 Å². The maximum atomic E-state index is 13.9. The number of hydrogen-bond acceptors (Lipinski definition) is 4. The summed E-state index contributed by atoms with van der Waals surface area (Å²) in [6.45, 7) is 1.64. The summed E-state index contributed by atoms with van der Waals surface area (Å²) >= 11 is 0. The fraction of sp³-hybridized carbons (Fsp3) is 0.214. The predicted octanol–water partition coefficient (Wildman–Crippen LogP) is 2.63. The Morgan fingerprint density at radius 1 is 1.32 bits per heavy atom. The molecular formula is C14H12F3N5. The molecule has 5 nitrogen and oxygen atoms in total. The van der Waals surface area contributed by atoms with Gasteiger partial charge in [-0.1, -0.05) is 6.07 Å². The lowest BCUT2D eigenvalue weighted by atomic mass is 10.1. The number of aryl methyl sites for hydroxylation is 1. The summed E-state index contributed by atoms with van der Waals surface area (Å²) < 4.78 is 40.1. The molecule has 0 aliphatic carbocycles. The molecule has 0 unspecified atom stereocenters. The van der Waals surface area contributed by atoms with Crippen molar-refractivity contribution in [3.8, 4) is 11.4 Å². The summed E-state index contributed by atoms with van der Waals surface area (Å²) in [5.41, 5.74) is 7.41. The van der Waals surface area contributed by atoms with Crippen molar-refractivity contribution >= 4 is 11.5 Å². The number of anilines is 1. The van der Waals surface area contributed by atoms with Crippen LogP contribution < -0.4 is 5.73 Å². The van der Waals surface area contributed by atoms with Crippen LogP contribution in [-0.4, -0.2) is 26.0 Å². The molecule has 8 heteroatoms. The lowest BCUT2D eigenvalue weighted by Crippen LogP contribution is -2.04. The van der Waals surface area contributed by atoms with E-state index < -0.39 is 12.2 Å². The van der Waals surface area contributed by atoms with Crippen LogP contribution in [0, 0.1) is 12.7 Å². The summed E-state index contributed by atoms with van der Waals surface area (Å²) in [5, 5.41) is 3.96. The van der Waals surface area contributed by atoms with E-state index in [0.717, 1.165) is 0 Å². The van der Waals surface area contributed by atoms with Crippen LogP contribution in [0.15, 0.2) is 24.4 Å². The third-order valence-corrected chi connectivity index (χ3v) is 3.32. The highest BCUT2D eigenvalue weighted by Gasteiger charge is 2.15. The standard InChI is InChI=1S/C14H12F3N5/c1-7-8(4-13(16)17)2-3-10(20-7)11-5-9(15)12-6-19-14(18)21-22(11)12/h2-3,5-6,13H,4H2,1H3,(H2,18,21). The quantitative estimate of drug-likeness (QED) is 0.807. The second-order valence-corrected chi connectivity index (χ2v) is 4.83. The molecule has 3 rings (SSSR count). The van der Waals surface area contributed by atoms with Gasteiger partial charge >= 0.3 is 0 Å². The Balaban J connectivity index is 2.12. The van der Waals surface area contributed by atoms with Crippen LogP contribution in [0.25, 0.3) is 16.9 Å². The first-order valence-corrected chi connectivity index (χ1v) is 6.50. The molecule has 0 saturated carbocycles. The van der Waals surface area contributed by atoms with Crippen molar-refractivity contribution in [1.82, 2.24) is 19.6 Å². The van der Waals surface area contributed by atoms with Crippen molar-refractivity contribution in [2.24, 2.45) is 0 Å². The van der Waals surface area contributed by atoms with Gasteiger partial charge in [0.2, 0.25) is 12.4 Å². The normalized spacial score (nSPS) is 11.5. The smallest absolute Gasteiger partial charge is 0.242 e. The second kappa shape index (κ2) is 5.28. The molecule has 0 fully saturated rings. The monoisotopic (exact) mass is 307 g/mol. The number of alkyl halides is 2. The maximum absolute atomic E-state index is 13.9. The highest BCUT2D eigenvalue weighted by atomic mass is 19.3. The number of pyridine rings is 1. The SMILES string of the molecule is Cc1nc(-c2cc(F)c3cnc(N)nn23)ccc1CC(F)F. The Bertz CT molecular complexity index is 844. The summed E-state index contributed by atoms with van der Waals surface area (Å²) in [4.78, 5) is 8.01. The highest BCUT2D eigenvalue weighted by Crippen LogP contribution is 2.24. The topological polar surface area (TPSA) is 69.1 Å². The zero-order chi connectivity index (χ0) is 15.9. The molecule has 0 saturated heterocycles. The van der Waals surface area contributed by atoms with Gasteiger partial charge in [0.05, 0.1) is 17.6 Å². The fourth-order valence-corrected chi connectivity index (χ4v) is 2.26. The van der Waals surface area contributed by atoms with Crippen molar-refractivity contribution < 1.29 is 13.2 Å². The van der Waals surface area contributed by atoms with Crippen LogP contribution in [0.4, 0.5) is 19.1 Å². The molecule has 0 radical (unpaired) electrons. The average molecular weight is 307 g/mol. The van der Waals surface area contributed by atoms with Gasteiger partial charge < -0.3 is 5.73 Å². The first-order chi connectivity index (χ1) is 10.5. The maximum Gasteiger partial charge on any atom is 0.242 e. The highest BCUT2D eigenvalue weighted by molar-refractivity contribution is 5.64. The van der Waals surface area contributed by atoms with Gasteiger partial charge in [-0.3, -0.25) is 4.98 Å². The number of rotatable bonds is 3. The van der Waals surface area contributed by atoms with Gasteiger partial charge in [-0.25, -0.2) is 22.7 Å². The predicted molar refractivity (Wildman–Crippen MR) is 75.0 cm³/mol. The molecule has 0 bridgehead atoms. The van der Waals surface area contributed by atoms with Crippen molar-refractivity contribution in [2.75, 3.05) is 5.73 Å². The molecule has 3 aromatic rings. The van der Waals surface area contributed by atoms with Gasteiger partial charge in [0.15, 0.2) is 5.82 Å². The van der Waals surface area contributed by atoms with Crippen molar-refractivity contribution in [1.29, 1.82) is 0 Å². The molecule has 0 aromatic carbocycles. The molecule has 3 aromatic heterocycles. The lowest BCUT2D eigenvalue weighted by Gasteiger charge is -2.07. The van der Waals surface area contributed by atoms with Gasteiger partial charge in [-0.15, -0.1) is 5.10 Å².